The van der Waals surface area contributed by atoms with E-state index in [2.05, 4.69) is 0 Å². The highest BCUT2D eigenvalue weighted by molar-refractivity contribution is 5.38. The number of hydrogen-bond donors (Lipinski definition) is 1. The lowest BCUT2D eigenvalue weighted by atomic mass is 9.65. The van der Waals surface area contributed by atoms with Crippen molar-refractivity contribution in [1.29, 1.82) is 0 Å². The topological polar surface area (TPSA) is 29.5 Å². The van der Waals surface area contributed by atoms with Crippen molar-refractivity contribution in [1.82, 2.24) is 0 Å². The number of aliphatic hydroxyl groups excluding tert-OH is 1. The summed E-state index contributed by atoms with van der Waals surface area (Å²) in [6.45, 7) is 0. The van der Waals surface area contributed by atoms with Crippen molar-refractivity contribution in [2.75, 3.05) is 0 Å². The molecule has 2 fully saturated rings. The fourth-order valence-corrected chi connectivity index (χ4v) is 4.78. The molecule has 1 aromatic carbocycles. The predicted molar refractivity (Wildman–Crippen MR) is 78.7 cm³/mol. The second kappa shape index (κ2) is 4.70. The summed E-state index contributed by atoms with van der Waals surface area (Å²) in [4.78, 5) is 0. The molecule has 1 aromatic rings. The van der Waals surface area contributed by atoms with Crippen LogP contribution in [0.25, 0.3) is 0 Å². The van der Waals surface area contributed by atoms with E-state index in [4.69, 9.17) is 4.74 Å². The van der Waals surface area contributed by atoms with Crippen LogP contribution in [0.3, 0.4) is 0 Å². The maximum Gasteiger partial charge on any atom is 0.128 e. The van der Waals surface area contributed by atoms with Crippen molar-refractivity contribution < 1.29 is 14.2 Å². The fourth-order valence-electron chi connectivity index (χ4n) is 4.78. The molecule has 1 heterocycles. The fraction of sp³-hybridized carbons (Fsp3) is 0.667. The molecule has 2 saturated carbocycles. The molecule has 4 rings (SSSR count). The van der Waals surface area contributed by atoms with Crippen LogP contribution in [0.4, 0.5) is 4.39 Å². The van der Waals surface area contributed by atoms with Gasteiger partial charge < -0.3 is 9.84 Å². The number of fused-ring (bicyclic) bond motifs is 1. The Morgan fingerprint density at radius 3 is 2.48 bits per heavy atom. The Hall–Kier alpha value is -1.09. The van der Waals surface area contributed by atoms with Crippen LogP contribution in [0.2, 0.25) is 0 Å². The number of halogens is 1. The van der Waals surface area contributed by atoms with Gasteiger partial charge in [0.25, 0.3) is 0 Å². The molecule has 2 spiro atoms. The van der Waals surface area contributed by atoms with Crippen LogP contribution in [0.1, 0.15) is 69.5 Å². The smallest absolute Gasteiger partial charge is 0.128 e. The van der Waals surface area contributed by atoms with Gasteiger partial charge in [0.1, 0.15) is 17.2 Å². The largest absolute Gasteiger partial charge is 0.487 e. The summed E-state index contributed by atoms with van der Waals surface area (Å²) in [5.74, 6) is 0.261. The van der Waals surface area contributed by atoms with Crippen molar-refractivity contribution in [3.63, 3.8) is 0 Å². The van der Waals surface area contributed by atoms with E-state index in [1.54, 1.807) is 6.07 Å². The molecular weight excluding hydrogens is 267 g/mol. The molecule has 21 heavy (non-hydrogen) atoms. The lowest BCUT2D eigenvalue weighted by molar-refractivity contribution is -0.0624. The van der Waals surface area contributed by atoms with Crippen molar-refractivity contribution >= 4 is 0 Å². The molecule has 0 bridgehead atoms. The second-order valence-corrected chi connectivity index (χ2v) is 7.39. The molecule has 0 aromatic heterocycles. The van der Waals surface area contributed by atoms with Gasteiger partial charge >= 0.3 is 0 Å². The summed E-state index contributed by atoms with van der Waals surface area (Å²) in [5, 5.41) is 10.4. The zero-order valence-corrected chi connectivity index (χ0v) is 12.4. The van der Waals surface area contributed by atoms with E-state index in [-0.39, 0.29) is 11.4 Å². The summed E-state index contributed by atoms with van der Waals surface area (Å²) in [5.41, 5.74) is 1.01. The maximum atomic E-state index is 13.5. The van der Waals surface area contributed by atoms with Gasteiger partial charge in [-0.1, -0.05) is 12.8 Å². The van der Waals surface area contributed by atoms with Crippen LogP contribution >= 0.6 is 0 Å². The molecule has 1 N–H and O–H groups in total. The number of aliphatic hydroxyl groups is 1. The van der Waals surface area contributed by atoms with Crippen LogP contribution in [0, 0.1) is 11.2 Å². The van der Waals surface area contributed by atoms with Crippen molar-refractivity contribution in [2.45, 2.75) is 69.5 Å². The third-order valence-corrected chi connectivity index (χ3v) is 6.11. The number of rotatable bonds is 0. The summed E-state index contributed by atoms with van der Waals surface area (Å²) in [7, 11) is 0. The molecule has 0 amide bonds. The molecule has 2 aliphatic carbocycles. The van der Waals surface area contributed by atoms with Gasteiger partial charge in [-0.15, -0.1) is 0 Å². The van der Waals surface area contributed by atoms with Crippen LogP contribution in [0.15, 0.2) is 18.2 Å². The standard InChI is InChI=1S/C18H23FO2/c19-13-3-4-14-15(20)12-18(21-16(14)11-13)9-7-17(8-10-18)5-1-2-6-17/h3-4,11,15,20H,1-2,5-10,12H2/t15-/m1/s1. The first kappa shape index (κ1) is 13.6. The monoisotopic (exact) mass is 290 g/mol. The normalized spacial score (nSPS) is 29.3. The number of hydrogen-bond acceptors (Lipinski definition) is 2. The molecule has 3 aliphatic rings. The molecule has 0 unspecified atom stereocenters. The van der Waals surface area contributed by atoms with Gasteiger partial charge in [0.15, 0.2) is 0 Å². The molecule has 1 atom stereocenters. The Morgan fingerprint density at radius 1 is 1.05 bits per heavy atom. The average Bonchev–Trinajstić information content (AvgIpc) is 2.91. The first-order valence-electron chi connectivity index (χ1n) is 8.27. The Balaban J connectivity index is 1.57. The third kappa shape index (κ3) is 2.26. The SMILES string of the molecule is O[C@@H]1CC2(CCC3(CCCC3)CC2)Oc2cc(F)ccc21. The Morgan fingerprint density at radius 2 is 1.76 bits per heavy atom. The molecular formula is C18H23FO2. The minimum atomic E-state index is -0.521. The number of ether oxygens (including phenoxy) is 1. The van der Waals surface area contributed by atoms with Gasteiger partial charge in [0.2, 0.25) is 0 Å². The van der Waals surface area contributed by atoms with Crippen molar-refractivity contribution in [3.05, 3.63) is 29.6 Å². The number of benzene rings is 1. The van der Waals surface area contributed by atoms with Gasteiger partial charge in [-0.3, -0.25) is 0 Å². The molecule has 2 nitrogen and oxygen atoms in total. The van der Waals surface area contributed by atoms with Gasteiger partial charge in [-0.25, -0.2) is 4.39 Å². The molecule has 0 radical (unpaired) electrons. The van der Waals surface area contributed by atoms with E-state index in [1.807, 2.05) is 0 Å². The summed E-state index contributed by atoms with van der Waals surface area (Å²) >= 11 is 0. The minimum Gasteiger partial charge on any atom is -0.487 e. The minimum absolute atomic E-state index is 0.270. The van der Waals surface area contributed by atoms with E-state index in [0.717, 1.165) is 18.4 Å². The highest BCUT2D eigenvalue weighted by Gasteiger charge is 2.48. The van der Waals surface area contributed by atoms with Crippen LogP contribution in [-0.2, 0) is 0 Å². The van der Waals surface area contributed by atoms with Gasteiger partial charge in [-0.05, 0) is 56.1 Å². The van der Waals surface area contributed by atoms with Crippen molar-refractivity contribution in [2.24, 2.45) is 5.41 Å². The Labute approximate surface area is 125 Å². The summed E-state index contributed by atoms with van der Waals surface area (Å²) in [6.07, 6.45) is 9.98. The first-order valence-corrected chi connectivity index (χ1v) is 8.27. The average molecular weight is 290 g/mol. The quantitative estimate of drug-likeness (QED) is 0.761. The zero-order chi connectivity index (χ0) is 14.5. The van der Waals surface area contributed by atoms with Crippen LogP contribution in [0.5, 0.6) is 5.75 Å². The van der Waals surface area contributed by atoms with Gasteiger partial charge in [0.05, 0.1) is 6.10 Å². The summed E-state index contributed by atoms with van der Waals surface area (Å²) in [6, 6.07) is 4.49. The van der Waals surface area contributed by atoms with Crippen LogP contribution < -0.4 is 4.74 Å². The van der Waals surface area contributed by atoms with E-state index in [9.17, 15) is 9.50 Å². The lowest BCUT2D eigenvalue weighted by Crippen LogP contribution is -2.46. The highest BCUT2D eigenvalue weighted by atomic mass is 19.1. The molecule has 3 heteroatoms. The second-order valence-electron chi connectivity index (χ2n) is 7.39. The lowest BCUT2D eigenvalue weighted by Gasteiger charge is -2.48. The van der Waals surface area contributed by atoms with E-state index in [1.165, 1.54) is 50.7 Å². The zero-order valence-electron chi connectivity index (χ0n) is 12.4. The van der Waals surface area contributed by atoms with E-state index >= 15 is 0 Å². The molecule has 0 saturated heterocycles. The molecule has 114 valence electrons. The highest BCUT2D eigenvalue weighted by Crippen LogP contribution is 2.55. The van der Waals surface area contributed by atoms with Gasteiger partial charge in [0, 0.05) is 18.1 Å². The maximum absolute atomic E-state index is 13.5. The predicted octanol–water partition coefficient (Wildman–Crippen LogP) is 4.51. The Kier molecular flexibility index (Phi) is 3.04. The van der Waals surface area contributed by atoms with Crippen molar-refractivity contribution in [3.8, 4) is 5.75 Å². The van der Waals surface area contributed by atoms with E-state index in [0.29, 0.717) is 17.6 Å². The first-order chi connectivity index (χ1) is 10.1. The molecule has 1 aliphatic heterocycles. The third-order valence-electron chi connectivity index (χ3n) is 6.11. The Bertz CT molecular complexity index is 538. The summed E-state index contributed by atoms with van der Waals surface area (Å²) < 4.78 is 19.7. The van der Waals surface area contributed by atoms with E-state index < -0.39 is 6.10 Å². The van der Waals surface area contributed by atoms with Crippen LogP contribution in [-0.4, -0.2) is 10.7 Å². The van der Waals surface area contributed by atoms with Gasteiger partial charge in [-0.2, -0.15) is 0 Å².